The second-order valence-electron chi connectivity index (χ2n) is 5.47. The number of sulfonamides is 1. The smallest absolute Gasteiger partial charge is 0.223 e. The number of carbonyl (C=O) groups is 2. The van der Waals surface area contributed by atoms with Crippen molar-refractivity contribution in [3.8, 4) is 0 Å². The van der Waals surface area contributed by atoms with Crippen molar-refractivity contribution in [2.24, 2.45) is 0 Å². The van der Waals surface area contributed by atoms with E-state index < -0.39 is 10.0 Å². The molecular formula is C16H25N3O4S. The van der Waals surface area contributed by atoms with E-state index in [0.717, 1.165) is 6.42 Å². The van der Waals surface area contributed by atoms with Crippen LogP contribution in [-0.2, 0) is 19.6 Å². The highest BCUT2D eigenvalue weighted by Crippen LogP contribution is 2.18. The number of nitrogens with zero attached hydrogens (tertiary/aromatic N) is 1. The van der Waals surface area contributed by atoms with Crippen LogP contribution in [0.5, 0.6) is 0 Å². The Kier molecular flexibility index (Phi) is 7.87. The van der Waals surface area contributed by atoms with Gasteiger partial charge in [-0.3, -0.25) is 9.59 Å². The third-order valence-corrected chi connectivity index (χ3v) is 4.77. The molecule has 0 saturated heterocycles. The predicted molar refractivity (Wildman–Crippen MR) is 95.5 cm³/mol. The van der Waals surface area contributed by atoms with Gasteiger partial charge in [0.05, 0.1) is 5.75 Å². The summed E-state index contributed by atoms with van der Waals surface area (Å²) in [5.74, 6) is -0.266. The number of unbranched alkanes of at least 4 members (excludes halogenated alkanes) is 1. The van der Waals surface area contributed by atoms with E-state index in [1.807, 2.05) is 6.92 Å². The highest BCUT2D eigenvalue weighted by atomic mass is 32.2. The number of nitrogens with one attached hydrogen (secondary N) is 2. The molecule has 0 aromatic heterocycles. The van der Waals surface area contributed by atoms with Gasteiger partial charge in [0.1, 0.15) is 0 Å². The molecule has 1 rings (SSSR count). The molecule has 0 radical (unpaired) electrons. The lowest BCUT2D eigenvalue weighted by molar-refractivity contribution is -0.116. The minimum Gasteiger partial charge on any atom is -0.326 e. The highest BCUT2D eigenvalue weighted by molar-refractivity contribution is 7.89. The van der Waals surface area contributed by atoms with Crippen molar-refractivity contribution in [3.63, 3.8) is 0 Å². The van der Waals surface area contributed by atoms with Gasteiger partial charge in [0.2, 0.25) is 21.8 Å². The van der Waals surface area contributed by atoms with Crippen LogP contribution in [0.25, 0.3) is 0 Å². The quantitative estimate of drug-likeness (QED) is 0.705. The lowest BCUT2D eigenvalue weighted by Crippen LogP contribution is -2.38. The Balaban J connectivity index is 2.67. The van der Waals surface area contributed by atoms with Gasteiger partial charge < -0.3 is 10.2 Å². The fourth-order valence-corrected chi connectivity index (χ4v) is 3.33. The molecule has 134 valence electrons. The third kappa shape index (κ3) is 7.10. The molecule has 0 heterocycles. The highest BCUT2D eigenvalue weighted by Gasteiger charge is 2.14. The maximum atomic E-state index is 11.8. The molecule has 1 aromatic carbocycles. The predicted octanol–water partition coefficient (Wildman–Crippen LogP) is 1.72. The van der Waals surface area contributed by atoms with E-state index in [4.69, 9.17) is 0 Å². The van der Waals surface area contributed by atoms with E-state index in [-0.39, 0.29) is 30.7 Å². The summed E-state index contributed by atoms with van der Waals surface area (Å²) in [6.45, 7) is 5.16. The van der Waals surface area contributed by atoms with Crippen molar-refractivity contribution in [1.29, 1.82) is 0 Å². The number of rotatable bonds is 9. The van der Waals surface area contributed by atoms with Crippen molar-refractivity contribution < 1.29 is 18.0 Å². The lowest BCUT2D eigenvalue weighted by atomic mass is 10.2. The Labute approximate surface area is 143 Å². The second kappa shape index (κ2) is 9.39. The van der Waals surface area contributed by atoms with Gasteiger partial charge in [0, 0.05) is 38.3 Å². The van der Waals surface area contributed by atoms with Crippen molar-refractivity contribution in [2.75, 3.05) is 29.1 Å². The van der Waals surface area contributed by atoms with Crippen LogP contribution in [0.15, 0.2) is 24.3 Å². The van der Waals surface area contributed by atoms with Crippen molar-refractivity contribution in [3.05, 3.63) is 24.3 Å². The number of hydrogen-bond acceptors (Lipinski definition) is 4. The van der Waals surface area contributed by atoms with Crippen LogP contribution >= 0.6 is 0 Å². The minimum atomic E-state index is -3.30. The van der Waals surface area contributed by atoms with Crippen LogP contribution in [0.4, 0.5) is 11.4 Å². The Bertz CT molecular complexity index is 656. The summed E-state index contributed by atoms with van der Waals surface area (Å²) >= 11 is 0. The summed E-state index contributed by atoms with van der Waals surface area (Å²) in [6.07, 6.45) is 1.41. The molecule has 0 spiro atoms. The molecule has 0 fully saturated rings. The molecule has 0 saturated carbocycles. The maximum Gasteiger partial charge on any atom is 0.223 e. The van der Waals surface area contributed by atoms with Gasteiger partial charge in [-0.25, -0.2) is 13.1 Å². The summed E-state index contributed by atoms with van der Waals surface area (Å²) in [5, 5.41) is 2.65. The van der Waals surface area contributed by atoms with Gasteiger partial charge in [-0.05, 0) is 30.7 Å². The average molecular weight is 355 g/mol. The molecular weight excluding hydrogens is 330 g/mol. The molecule has 2 amide bonds. The molecule has 0 aliphatic rings. The zero-order valence-corrected chi connectivity index (χ0v) is 15.1. The molecule has 2 N–H and O–H groups in total. The SMILES string of the molecule is CCCCS(=O)(=O)NCCN(C(C)=O)c1ccc(NC(C)=O)cc1. The first-order valence-corrected chi connectivity index (χ1v) is 9.53. The Morgan fingerprint density at radius 3 is 2.25 bits per heavy atom. The summed E-state index contributed by atoms with van der Waals surface area (Å²) in [4.78, 5) is 24.3. The van der Waals surface area contributed by atoms with E-state index in [9.17, 15) is 18.0 Å². The molecule has 0 aliphatic heterocycles. The zero-order valence-electron chi connectivity index (χ0n) is 14.3. The average Bonchev–Trinajstić information content (AvgIpc) is 2.50. The Morgan fingerprint density at radius 1 is 1.12 bits per heavy atom. The van der Waals surface area contributed by atoms with Gasteiger partial charge in [0.15, 0.2) is 0 Å². The monoisotopic (exact) mass is 355 g/mol. The molecule has 1 aromatic rings. The summed E-state index contributed by atoms with van der Waals surface area (Å²) in [5.41, 5.74) is 1.28. The van der Waals surface area contributed by atoms with Gasteiger partial charge in [0.25, 0.3) is 0 Å². The Hall–Kier alpha value is -1.93. The Morgan fingerprint density at radius 2 is 1.75 bits per heavy atom. The third-order valence-electron chi connectivity index (χ3n) is 3.30. The van der Waals surface area contributed by atoms with Crippen LogP contribution in [-0.4, -0.2) is 39.1 Å². The second-order valence-corrected chi connectivity index (χ2v) is 7.39. The lowest BCUT2D eigenvalue weighted by Gasteiger charge is -2.21. The first-order valence-electron chi connectivity index (χ1n) is 7.88. The van der Waals surface area contributed by atoms with E-state index in [1.54, 1.807) is 24.3 Å². The fraction of sp³-hybridized carbons (Fsp3) is 0.500. The van der Waals surface area contributed by atoms with E-state index >= 15 is 0 Å². The van der Waals surface area contributed by atoms with E-state index in [2.05, 4.69) is 10.0 Å². The minimum absolute atomic E-state index is 0.0922. The van der Waals surface area contributed by atoms with Crippen LogP contribution in [0.3, 0.4) is 0 Å². The van der Waals surface area contributed by atoms with Gasteiger partial charge in [-0.15, -0.1) is 0 Å². The molecule has 8 heteroatoms. The van der Waals surface area contributed by atoms with E-state index in [1.165, 1.54) is 18.7 Å². The standard InChI is InChI=1S/C16H25N3O4S/c1-4-5-12-24(22,23)17-10-11-19(14(3)21)16-8-6-15(7-9-16)18-13(2)20/h6-9,17H,4-5,10-12H2,1-3H3,(H,18,20). The van der Waals surface area contributed by atoms with Crippen molar-refractivity contribution >= 4 is 33.2 Å². The normalized spacial score (nSPS) is 11.1. The first kappa shape index (κ1) is 20.1. The topological polar surface area (TPSA) is 95.6 Å². The molecule has 0 unspecified atom stereocenters. The molecule has 0 aliphatic carbocycles. The van der Waals surface area contributed by atoms with Crippen LogP contribution in [0, 0.1) is 0 Å². The summed E-state index contributed by atoms with van der Waals surface area (Å²) in [6, 6.07) is 6.80. The number of carbonyl (C=O) groups excluding carboxylic acids is 2. The van der Waals surface area contributed by atoms with Crippen molar-refractivity contribution in [1.82, 2.24) is 4.72 Å². The van der Waals surface area contributed by atoms with Gasteiger partial charge >= 0.3 is 0 Å². The largest absolute Gasteiger partial charge is 0.326 e. The fourth-order valence-electron chi connectivity index (χ4n) is 2.12. The molecule has 7 nitrogen and oxygen atoms in total. The van der Waals surface area contributed by atoms with Gasteiger partial charge in [-0.2, -0.15) is 0 Å². The molecule has 0 bridgehead atoms. The summed E-state index contributed by atoms with van der Waals surface area (Å²) < 4.78 is 26.0. The van der Waals surface area contributed by atoms with Crippen LogP contribution < -0.4 is 14.9 Å². The van der Waals surface area contributed by atoms with Crippen LogP contribution in [0.2, 0.25) is 0 Å². The van der Waals surface area contributed by atoms with Gasteiger partial charge in [-0.1, -0.05) is 13.3 Å². The van der Waals surface area contributed by atoms with Crippen LogP contribution in [0.1, 0.15) is 33.6 Å². The number of anilines is 2. The maximum absolute atomic E-state index is 11.8. The number of amides is 2. The summed E-state index contributed by atoms with van der Waals surface area (Å²) in [7, 11) is -3.30. The van der Waals surface area contributed by atoms with E-state index in [0.29, 0.717) is 17.8 Å². The zero-order chi connectivity index (χ0) is 18.2. The first-order chi connectivity index (χ1) is 11.2. The number of hydrogen-bond donors (Lipinski definition) is 2. The number of benzene rings is 1. The molecule has 24 heavy (non-hydrogen) atoms. The molecule has 0 atom stereocenters. The van der Waals surface area contributed by atoms with Crippen molar-refractivity contribution in [2.45, 2.75) is 33.6 Å².